The molecular weight excluding hydrogens is 238 g/mol. The fraction of sp³-hybridized carbons (Fsp3) is 0.231. The second-order valence-electron chi connectivity index (χ2n) is 4.06. The zero-order valence-electron chi connectivity index (χ0n) is 9.57. The molecule has 0 saturated heterocycles. The van der Waals surface area contributed by atoms with Crippen molar-refractivity contribution in [2.75, 3.05) is 0 Å². The highest BCUT2D eigenvalue weighted by molar-refractivity contribution is 6.35. The third kappa shape index (κ3) is 2.11. The maximum Gasteiger partial charge on any atom is 0.312 e. The van der Waals surface area contributed by atoms with Gasteiger partial charge < -0.3 is 5.11 Å². The zero-order chi connectivity index (χ0) is 12.6. The van der Waals surface area contributed by atoms with E-state index in [4.69, 9.17) is 16.7 Å². The molecule has 3 nitrogen and oxygen atoms in total. The lowest BCUT2D eigenvalue weighted by molar-refractivity contribution is -0.138. The van der Waals surface area contributed by atoms with Gasteiger partial charge in [0.15, 0.2) is 0 Å². The van der Waals surface area contributed by atoms with Crippen molar-refractivity contribution in [1.82, 2.24) is 4.98 Å². The average Bonchev–Trinajstić information content (AvgIpc) is 2.29. The van der Waals surface area contributed by atoms with Crippen molar-refractivity contribution in [2.24, 2.45) is 0 Å². The maximum atomic E-state index is 11.0. The van der Waals surface area contributed by atoms with E-state index in [9.17, 15) is 4.79 Å². The van der Waals surface area contributed by atoms with Gasteiger partial charge in [-0.1, -0.05) is 23.7 Å². The van der Waals surface area contributed by atoms with Crippen molar-refractivity contribution < 1.29 is 9.90 Å². The second-order valence-corrected chi connectivity index (χ2v) is 4.47. The molecule has 88 valence electrons. The summed E-state index contributed by atoms with van der Waals surface area (Å²) in [6.45, 7) is 3.55. The van der Waals surface area contributed by atoms with Gasteiger partial charge >= 0.3 is 5.97 Å². The molecule has 1 atom stereocenters. The van der Waals surface area contributed by atoms with Crippen LogP contribution in [0.1, 0.15) is 24.1 Å². The molecule has 0 aliphatic carbocycles. The highest BCUT2D eigenvalue weighted by Crippen LogP contribution is 2.27. The number of rotatable bonds is 2. The van der Waals surface area contributed by atoms with Gasteiger partial charge in [0.25, 0.3) is 0 Å². The Kier molecular flexibility index (Phi) is 3.03. The van der Waals surface area contributed by atoms with E-state index < -0.39 is 11.9 Å². The normalized spacial score (nSPS) is 12.6. The van der Waals surface area contributed by atoms with Crippen LogP contribution in [0.4, 0.5) is 0 Å². The molecule has 2 aromatic rings. The molecule has 0 fully saturated rings. The Bertz CT molecular complexity index is 595. The van der Waals surface area contributed by atoms with Crippen LogP contribution in [-0.4, -0.2) is 16.1 Å². The summed E-state index contributed by atoms with van der Waals surface area (Å²) in [7, 11) is 0. The number of hydrogen-bond donors (Lipinski definition) is 1. The molecule has 0 aliphatic rings. The predicted octanol–water partition coefficient (Wildman–Crippen LogP) is 3.38. The maximum absolute atomic E-state index is 11.0. The van der Waals surface area contributed by atoms with Crippen LogP contribution >= 0.6 is 11.6 Å². The highest BCUT2D eigenvalue weighted by Gasteiger charge is 2.17. The summed E-state index contributed by atoms with van der Waals surface area (Å²) in [5.74, 6) is -1.52. The van der Waals surface area contributed by atoms with Crippen molar-refractivity contribution >= 4 is 28.5 Å². The molecular formula is C13H12ClNO2. The van der Waals surface area contributed by atoms with Crippen molar-refractivity contribution in [3.63, 3.8) is 0 Å². The molecule has 1 unspecified atom stereocenters. The van der Waals surface area contributed by atoms with Gasteiger partial charge in [-0.3, -0.25) is 9.78 Å². The molecule has 0 aliphatic heterocycles. The van der Waals surface area contributed by atoms with E-state index in [1.54, 1.807) is 19.1 Å². The highest BCUT2D eigenvalue weighted by atomic mass is 35.5. The number of pyridine rings is 1. The molecule has 0 amide bonds. The Morgan fingerprint density at radius 1 is 1.47 bits per heavy atom. The van der Waals surface area contributed by atoms with Gasteiger partial charge in [0, 0.05) is 5.39 Å². The first-order chi connectivity index (χ1) is 8.00. The van der Waals surface area contributed by atoms with Gasteiger partial charge in [0.1, 0.15) is 0 Å². The number of aromatic nitrogens is 1. The minimum absolute atomic E-state index is 0.538. The van der Waals surface area contributed by atoms with Crippen LogP contribution in [0.5, 0.6) is 0 Å². The van der Waals surface area contributed by atoms with E-state index in [2.05, 4.69) is 4.98 Å². The van der Waals surface area contributed by atoms with Crippen LogP contribution in [0.2, 0.25) is 5.02 Å². The molecule has 0 saturated carbocycles. The van der Waals surface area contributed by atoms with E-state index in [0.717, 1.165) is 10.9 Å². The van der Waals surface area contributed by atoms with E-state index in [1.807, 2.05) is 19.1 Å². The third-order valence-electron chi connectivity index (χ3n) is 2.83. The Hall–Kier alpha value is -1.61. The standard InChI is InChI=1S/C13H12ClNO2/c1-7-6-11(8(2)13(16)17)15-12-9(7)4-3-5-10(12)14/h3-6,8H,1-2H3,(H,16,17). The number of halogens is 1. The fourth-order valence-corrected chi connectivity index (χ4v) is 1.97. The number of para-hydroxylation sites is 1. The van der Waals surface area contributed by atoms with E-state index >= 15 is 0 Å². The Labute approximate surface area is 104 Å². The van der Waals surface area contributed by atoms with Gasteiger partial charge in [-0.2, -0.15) is 0 Å². The van der Waals surface area contributed by atoms with Gasteiger partial charge in [0.2, 0.25) is 0 Å². The lowest BCUT2D eigenvalue weighted by atomic mass is 10.0. The topological polar surface area (TPSA) is 50.2 Å². The molecule has 4 heteroatoms. The first-order valence-corrected chi connectivity index (χ1v) is 5.67. The van der Waals surface area contributed by atoms with Gasteiger partial charge in [-0.25, -0.2) is 0 Å². The number of benzene rings is 1. The molecule has 1 heterocycles. The number of hydrogen-bond acceptors (Lipinski definition) is 2. The van der Waals surface area contributed by atoms with E-state index in [-0.39, 0.29) is 0 Å². The summed E-state index contributed by atoms with van der Waals surface area (Å²) in [4.78, 5) is 15.3. The van der Waals surface area contributed by atoms with Crippen molar-refractivity contribution in [2.45, 2.75) is 19.8 Å². The SMILES string of the molecule is Cc1cc(C(C)C(=O)O)nc2c(Cl)cccc12. The van der Waals surface area contributed by atoms with Crippen LogP contribution in [0.3, 0.4) is 0 Å². The summed E-state index contributed by atoms with van der Waals surface area (Å²) in [5, 5.41) is 10.5. The molecule has 1 aromatic carbocycles. The summed E-state index contributed by atoms with van der Waals surface area (Å²) in [5.41, 5.74) is 2.19. The van der Waals surface area contributed by atoms with E-state index in [1.165, 1.54) is 0 Å². The lowest BCUT2D eigenvalue weighted by Crippen LogP contribution is -2.09. The first kappa shape index (κ1) is 11.9. The largest absolute Gasteiger partial charge is 0.481 e. The second kappa shape index (κ2) is 4.34. The number of carbonyl (C=O) groups is 1. The van der Waals surface area contributed by atoms with Gasteiger partial charge in [-0.15, -0.1) is 0 Å². The smallest absolute Gasteiger partial charge is 0.312 e. The van der Waals surface area contributed by atoms with Crippen LogP contribution < -0.4 is 0 Å². The number of carboxylic acids is 1. The summed E-state index contributed by atoms with van der Waals surface area (Å²) >= 11 is 6.08. The van der Waals surface area contributed by atoms with E-state index in [0.29, 0.717) is 16.2 Å². The quantitative estimate of drug-likeness (QED) is 0.888. The minimum Gasteiger partial charge on any atom is -0.481 e. The van der Waals surface area contributed by atoms with Crippen molar-refractivity contribution in [3.8, 4) is 0 Å². The molecule has 2 rings (SSSR count). The predicted molar refractivity (Wildman–Crippen MR) is 67.5 cm³/mol. The summed E-state index contributed by atoms with van der Waals surface area (Å²) in [6.07, 6.45) is 0. The van der Waals surface area contributed by atoms with Crippen LogP contribution in [0.15, 0.2) is 24.3 Å². The van der Waals surface area contributed by atoms with Crippen LogP contribution in [0, 0.1) is 6.92 Å². The zero-order valence-corrected chi connectivity index (χ0v) is 10.3. The summed E-state index contributed by atoms with van der Waals surface area (Å²) < 4.78 is 0. The van der Waals surface area contributed by atoms with Crippen molar-refractivity contribution in [1.29, 1.82) is 0 Å². The average molecular weight is 250 g/mol. The van der Waals surface area contributed by atoms with Gasteiger partial charge in [-0.05, 0) is 31.5 Å². The first-order valence-electron chi connectivity index (χ1n) is 5.29. The summed E-state index contributed by atoms with van der Waals surface area (Å²) in [6, 6.07) is 7.35. The molecule has 1 N–H and O–H groups in total. The molecule has 0 radical (unpaired) electrons. The molecule has 0 spiro atoms. The third-order valence-corrected chi connectivity index (χ3v) is 3.14. The number of aryl methyl sites for hydroxylation is 1. The fourth-order valence-electron chi connectivity index (χ4n) is 1.76. The van der Waals surface area contributed by atoms with Crippen LogP contribution in [-0.2, 0) is 4.79 Å². The van der Waals surface area contributed by atoms with Crippen LogP contribution in [0.25, 0.3) is 10.9 Å². The minimum atomic E-state index is -0.886. The lowest BCUT2D eigenvalue weighted by Gasteiger charge is -2.10. The monoisotopic (exact) mass is 249 g/mol. The molecule has 0 bridgehead atoms. The molecule has 1 aromatic heterocycles. The molecule has 17 heavy (non-hydrogen) atoms. The number of fused-ring (bicyclic) bond motifs is 1. The van der Waals surface area contributed by atoms with Crippen molar-refractivity contribution in [3.05, 3.63) is 40.5 Å². The number of carboxylic acid groups (broad SMARTS) is 1. The number of aliphatic carboxylic acids is 1. The Morgan fingerprint density at radius 3 is 2.82 bits per heavy atom. The van der Waals surface area contributed by atoms with Gasteiger partial charge in [0.05, 0.1) is 22.2 Å². The Balaban J connectivity index is 2.70. The number of nitrogens with zero attached hydrogens (tertiary/aromatic N) is 1. The Morgan fingerprint density at radius 2 is 2.18 bits per heavy atom.